The molecule has 0 radical (unpaired) electrons. The lowest BCUT2D eigenvalue weighted by Gasteiger charge is -2.31. The largest absolute Gasteiger partial charge is 0.362 e. The summed E-state index contributed by atoms with van der Waals surface area (Å²) in [4.78, 5) is 12.4. The molecule has 1 aromatic carbocycles. The van der Waals surface area contributed by atoms with Crippen LogP contribution < -0.4 is 0 Å². The molecule has 1 fully saturated rings. The predicted octanol–water partition coefficient (Wildman–Crippen LogP) is 2.65. The monoisotopic (exact) mass is 258 g/mol. The van der Waals surface area contributed by atoms with Gasteiger partial charge in [-0.05, 0) is 19.4 Å². The van der Waals surface area contributed by atoms with Crippen molar-refractivity contribution in [1.82, 2.24) is 0 Å². The molecule has 100 valence electrons. The average Bonchev–Trinajstić information content (AvgIpc) is 2.51. The average molecular weight is 258 g/mol. The number of carbonyl (C=O) groups excluding carboxylic acids is 1. The van der Waals surface area contributed by atoms with Gasteiger partial charge in [-0.3, -0.25) is 4.79 Å². The van der Waals surface area contributed by atoms with Gasteiger partial charge in [0, 0.05) is 6.42 Å². The molecule has 0 N–H and O–H groups in total. The van der Waals surface area contributed by atoms with E-state index in [0.29, 0.717) is 13.0 Å². The molecule has 3 rings (SSSR count). The summed E-state index contributed by atoms with van der Waals surface area (Å²) in [7, 11) is 0. The number of fused-ring (bicyclic) bond motifs is 2. The van der Waals surface area contributed by atoms with E-state index in [2.05, 4.69) is 0 Å². The maximum atomic E-state index is 12.4. The van der Waals surface area contributed by atoms with E-state index in [1.807, 2.05) is 56.3 Å². The minimum Gasteiger partial charge on any atom is -0.362 e. The van der Waals surface area contributed by atoms with Crippen LogP contribution in [-0.2, 0) is 20.9 Å². The first-order valence-electron chi connectivity index (χ1n) is 6.61. The first-order valence-corrected chi connectivity index (χ1v) is 6.61. The zero-order chi connectivity index (χ0) is 13.5. The third-order valence-electron chi connectivity index (χ3n) is 3.94. The Morgan fingerprint density at radius 3 is 2.74 bits per heavy atom. The smallest absolute Gasteiger partial charge is 0.196 e. The summed E-state index contributed by atoms with van der Waals surface area (Å²) in [5.41, 5.74) is -0.279. The van der Waals surface area contributed by atoms with Crippen molar-refractivity contribution in [2.24, 2.45) is 0 Å². The Balaban J connectivity index is 1.78. The molecule has 2 aliphatic heterocycles. The van der Waals surface area contributed by atoms with Gasteiger partial charge >= 0.3 is 0 Å². The minimum absolute atomic E-state index is 0.0518. The Morgan fingerprint density at radius 1 is 1.32 bits per heavy atom. The van der Waals surface area contributed by atoms with Crippen LogP contribution in [0.4, 0.5) is 0 Å². The van der Waals surface area contributed by atoms with E-state index in [-0.39, 0.29) is 5.78 Å². The fourth-order valence-electron chi connectivity index (χ4n) is 2.90. The molecule has 0 unspecified atom stereocenters. The van der Waals surface area contributed by atoms with Gasteiger partial charge in [-0.2, -0.15) is 0 Å². The van der Waals surface area contributed by atoms with Crippen molar-refractivity contribution < 1.29 is 14.3 Å². The lowest BCUT2D eigenvalue weighted by atomic mass is 9.95. The molecule has 0 spiro atoms. The summed E-state index contributed by atoms with van der Waals surface area (Å²) in [6.45, 7) is 4.20. The van der Waals surface area contributed by atoms with E-state index in [1.54, 1.807) is 0 Å². The number of rotatable bonds is 3. The molecule has 1 aromatic rings. The number of ether oxygens (including phenoxy) is 2. The normalized spacial score (nSPS) is 36.7. The highest BCUT2D eigenvalue weighted by molar-refractivity contribution is 5.95. The van der Waals surface area contributed by atoms with Crippen LogP contribution in [0, 0.1) is 0 Å². The molecule has 0 amide bonds. The Bertz CT molecular complexity index is 522. The van der Waals surface area contributed by atoms with Gasteiger partial charge in [0.1, 0.15) is 11.2 Å². The Labute approximate surface area is 113 Å². The van der Waals surface area contributed by atoms with Crippen LogP contribution >= 0.6 is 0 Å². The second-order valence-electron chi connectivity index (χ2n) is 5.66. The third kappa shape index (κ3) is 2.03. The van der Waals surface area contributed by atoms with E-state index in [4.69, 9.17) is 9.47 Å². The molecule has 0 aliphatic carbocycles. The molecule has 2 bridgehead atoms. The van der Waals surface area contributed by atoms with Gasteiger partial charge in [-0.1, -0.05) is 42.5 Å². The number of carbonyl (C=O) groups is 1. The molecule has 2 heterocycles. The van der Waals surface area contributed by atoms with E-state index in [1.165, 1.54) is 0 Å². The van der Waals surface area contributed by atoms with Crippen LogP contribution in [0.3, 0.4) is 0 Å². The van der Waals surface area contributed by atoms with Crippen LogP contribution in [0.15, 0.2) is 42.5 Å². The number of hydrogen-bond donors (Lipinski definition) is 0. The maximum absolute atomic E-state index is 12.4. The highest BCUT2D eigenvalue weighted by Gasteiger charge is 2.59. The summed E-state index contributed by atoms with van der Waals surface area (Å²) in [5, 5.41) is 0. The van der Waals surface area contributed by atoms with Crippen LogP contribution in [0.25, 0.3) is 0 Å². The zero-order valence-electron chi connectivity index (χ0n) is 11.3. The highest BCUT2D eigenvalue weighted by Crippen LogP contribution is 2.43. The molecule has 3 nitrogen and oxygen atoms in total. The second-order valence-corrected chi connectivity index (χ2v) is 5.66. The molecule has 0 aromatic heterocycles. The van der Waals surface area contributed by atoms with Crippen molar-refractivity contribution in [2.45, 2.75) is 44.2 Å². The van der Waals surface area contributed by atoms with Crippen LogP contribution in [0.5, 0.6) is 0 Å². The van der Waals surface area contributed by atoms with Gasteiger partial charge in [0.15, 0.2) is 11.9 Å². The summed E-state index contributed by atoms with van der Waals surface area (Å²) < 4.78 is 11.8. The van der Waals surface area contributed by atoms with Crippen molar-refractivity contribution in [2.75, 3.05) is 0 Å². The summed E-state index contributed by atoms with van der Waals surface area (Å²) in [6, 6.07) is 9.88. The van der Waals surface area contributed by atoms with E-state index < -0.39 is 17.3 Å². The van der Waals surface area contributed by atoms with Crippen molar-refractivity contribution >= 4 is 5.78 Å². The third-order valence-corrected chi connectivity index (χ3v) is 3.94. The minimum atomic E-state index is -0.717. The fourth-order valence-corrected chi connectivity index (χ4v) is 2.90. The van der Waals surface area contributed by atoms with Gasteiger partial charge in [-0.15, -0.1) is 0 Å². The molecular formula is C16H18O3. The van der Waals surface area contributed by atoms with E-state index in [9.17, 15) is 4.79 Å². The van der Waals surface area contributed by atoms with Crippen molar-refractivity contribution in [3.05, 3.63) is 48.0 Å². The number of benzene rings is 1. The first-order chi connectivity index (χ1) is 9.04. The van der Waals surface area contributed by atoms with Crippen molar-refractivity contribution in [3.8, 4) is 0 Å². The fraction of sp³-hybridized carbons (Fsp3) is 0.438. The highest BCUT2D eigenvalue weighted by atomic mass is 16.6. The van der Waals surface area contributed by atoms with Gasteiger partial charge in [0.2, 0.25) is 0 Å². The Kier molecular flexibility index (Phi) is 2.84. The topological polar surface area (TPSA) is 35.5 Å². The molecule has 1 saturated heterocycles. The standard InChI is InChI=1S/C16H18O3/c1-15-9-6-10-16(2,19-15)14(13(15)17)18-11-12-7-4-3-5-8-12/h3-8,10,14H,9,11H2,1-2H3/t14-,15-,16-/m1/s1. The lowest BCUT2D eigenvalue weighted by molar-refractivity contribution is -0.135. The molecule has 3 heteroatoms. The Hall–Kier alpha value is -1.45. The number of hydrogen-bond acceptors (Lipinski definition) is 3. The molecular weight excluding hydrogens is 240 g/mol. The summed E-state index contributed by atoms with van der Waals surface area (Å²) in [5.74, 6) is 0.0518. The van der Waals surface area contributed by atoms with Gasteiger partial charge in [-0.25, -0.2) is 0 Å². The molecule has 19 heavy (non-hydrogen) atoms. The van der Waals surface area contributed by atoms with Crippen molar-refractivity contribution in [1.29, 1.82) is 0 Å². The first kappa shape index (κ1) is 12.6. The van der Waals surface area contributed by atoms with Crippen LogP contribution in [-0.4, -0.2) is 23.1 Å². The number of ketones is 1. The van der Waals surface area contributed by atoms with Crippen LogP contribution in [0.1, 0.15) is 25.8 Å². The number of Topliss-reactive ketones (excluding diaryl/α,β-unsaturated/α-hetero) is 1. The molecule has 3 atom stereocenters. The van der Waals surface area contributed by atoms with Crippen molar-refractivity contribution in [3.63, 3.8) is 0 Å². The lowest BCUT2D eigenvalue weighted by Crippen LogP contribution is -2.39. The quantitative estimate of drug-likeness (QED) is 0.782. The second kappa shape index (κ2) is 4.29. The molecule has 2 aliphatic rings. The van der Waals surface area contributed by atoms with Gasteiger partial charge in [0.25, 0.3) is 0 Å². The van der Waals surface area contributed by atoms with E-state index >= 15 is 0 Å². The molecule has 0 saturated carbocycles. The summed E-state index contributed by atoms with van der Waals surface area (Å²) >= 11 is 0. The van der Waals surface area contributed by atoms with Gasteiger partial charge < -0.3 is 9.47 Å². The zero-order valence-corrected chi connectivity index (χ0v) is 11.3. The Morgan fingerprint density at radius 2 is 2.05 bits per heavy atom. The summed E-state index contributed by atoms with van der Waals surface area (Å²) in [6.07, 6.45) is 4.09. The van der Waals surface area contributed by atoms with Crippen LogP contribution in [0.2, 0.25) is 0 Å². The maximum Gasteiger partial charge on any atom is 0.196 e. The predicted molar refractivity (Wildman–Crippen MR) is 71.7 cm³/mol. The van der Waals surface area contributed by atoms with Gasteiger partial charge in [0.05, 0.1) is 6.61 Å². The van der Waals surface area contributed by atoms with E-state index in [0.717, 1.165) is 5.56 Å². The SMILES string of the molecule is C[C@]12CC=C[C@@](C)(O1)[C@H](OCc1ccccc1)C2=O.